The molecule has 46 heavy (non-hydrogen) atoms. The average molecular weight is 625 g/mol. The number of ether oxygens (including phenoxy) is 1. The normalized spacial score (nSPS) is 18.7. The molecule has 2 aromatic rings. The molecule has 5 rings (SSSR count). The summed E-state index contributed by atoms with van der Waals surface area (Å²) in [6.07, 6.45) is 7.65. The van der Waals surface area contributed by atoms with Gasteiger partial charge in [-0.3, -0.25) is 25.3 Å². The summed E-state index contributed by atoms with van der Waals surface area (Å²) in [5.41, 5.74) is 12.5. The van der Waals surface area contributed by atoms with Gasteiger partial charge in [0, 0.05) is 55.7 Å². The number of carbonyl (C=O) groups is 2. The average Bonchev–Trinajstić information content (AvgIpc) is 3.56. The van der Waals surface area contributed by atoms with Crippen LogP contribution in [0.1, 0.15) is 42.9 Å². The molecule has 1 atom stereocenters. The second kappa shape index (κ2) is 15.1. The van der Waals surface area contributed by atoms with E-state index >= 15 is 0 Å². The van der Waals surface area contributed by atoms with Crippen molar-refractivity contribution in [1.29, 1.82) is 10.8 Å². The lowest BCUT2D eigenvalue weighted by Crippen LogP contribution is -2.42. The Bertz CT molecular complexity index is 1560. The summed E-state index contributed by atoms with van der Waals surface area (Å²) < 4.78 is 5.39. The number of nitrogens with two attached hydrogens (primary N) is 1. The van der Waals surface area contributed by atoms with Crippen molar-refractivity contribution in [3.63, 3.8) is 0 Å². The number of nitrogens with zero attached hydrogens (tertiary/aromatic N) is 4. The van der Waals surface area contributed by atoms with Crippen molar-refractivity contribution in [3.05, 3.63) is 76.9 Å². The number of rotatable bonds is 10. The summed E-state index contributed by atoms with van der Waals surface area (Å²) in [4.78, 5) is 36.7. The molecule has 0 saturated carbocycles. The van der Waals surface area contributed by atoms with E-state index in [-0.39, 0.29) is 23.6 Å². The third kappa shape index (κ3) is 7.60. The van der Waals surface area contributed by atoms with Gasteiger partial charge in [-0.05, 0) is 67.6 Å². The van der Waals surface area contributed by atoms with Crippen molar-refractivity contribution >= 4 is 46.6 Å². The number of carbonyl (C=O) groups excluding carboxylic acids is 2. The first kappa shape index (κ1) is 32.8. The maximum absolute atomic E-state index is 13.7. The first-order valence-electron chi connectivity index (χ1n) is 15.9. The molecule has 1 saturated heterocycles. The van der Waals surface area contributed by atoms with Crippen molar-refractivity contribution < 1.29 is 14.3 Å². The van der Waals surface area contributed by atoms with Crippen molar-refractivity contribution in [3.8, 4) is 0 Å². The van der Waals surface area contributed by atoms with Crippen LogP contribution in [0.15, 0.2) is 65.2 Å². The molecule has 11 heteroatoms. The van der Waals surface area contributed by atoms with Crippen molar-refractivity contribution in [2.45, 2.75) is 26.2 Å². The lowest BCUT2D eigenvalue weighted by Gasteiger charge is -2.29. The van der Waals surface area contributed by atoms with Gasteiger partial charge in [0.25, 0.3) is 0 Å². The van der Waals surface area contributed by atoms with Gasteiger partial charge in [-0.25, -0.2) is 4.99 Å². The lowest BCUT2D eigenvalue weighted by atomic mass is 9.96. The van der Waals surface area contributed by atoms with Gasteiger partial charge in [-0.2, -0.15) is 0 Å². The molecule has 1 fully saturated rings. The molecule has 3 heterocycles. The zero-order valence-electron chi connectivity index (χ0n) is 26.7. The maximum Gasteiger partial charge on any atom is 0.237 e. The predicted octanol–water partition coefficient (Wildman–Crippen LogP) is 3.55. The first-order chi connectivity index (χ1) is 22.3. The van der Waals surface area contributed by atoms with E-state index in [0.29, 0.717) is 82.3 Å². The molecule has 242 valence electrons. The monoisotopic (exact) mass is 624 g/mol. The van der Waals surface area contributed by atoms with Crippen LogP contribution in [0.3, 0.4) is 0 Å². The Morgan fingerprint density at radius 2 is 1.93 bits per heavy atom. The Hall–Kier alpha value is -4.61. The highest BCUT2D eigenvalue weighted by atomic mass is 16.5. The van der Waals surface area contributed by atoms with E-state index in [4.69, 9.17) is 21.3 Å². The Balaban J connectivity index is 1.15. The minimum absolute atomic E-state index is 0.0329. The highest BCUT2D eigenvalue weighted by molar-refractivity contribution is 6.14. The number of benzene rings is 2. The second-order valence-corrected chi connectivity index (χ2v) is 11.8. The summed E-state index contributed by atoms with van der Waals surface area (Å²) in [5.74, 6) is 0.104. The number of amides is 2. The molecule has 0 unspecified atom stereocenters. The molecule has 2 aromatic carbocycles. The van der Waals surface area contributed by atoms with Crippen molar-refractivity contribution in [2.75, 3.05) is 70.2 Å². The van der Waals surface area contributed by atoms with Crippen LogP contribution in [0.25, 0.3) is 5.57 Å². The van der Waals surface area contributed by atoms with Crippen LogP contribution in [-0.2, 0) is 14.3 Å². The highest BCUT2D eigenvalue weighted by Gasteiger charge is 2.33. The molecule has 0 aromatic heterocycles. The van der Waals surface area contributed by atoms with Crippen LogP contribution in [-0.4, -0.2) is 99.0 Å². The summed E-state index contributed by atoms with van der Waals surface area (Å²) in [6.45, 7) is 6.26. The van der Waals surface area contributed by atoms with E-state index in [2.05, 4.69) is 21.3 Å². The largest absolute Gasteiger partial charge is 0.398 e. The fourth-order valence-corrected chi connectivity index (χ4v) is 6.21. The van der Waals surface area contributed by atoms with Gasteiger partial charge in [-0.1, -0.05) is 36.4 Å². The topological polar surface area (TPSA) is 151 Å². The second-order valence-electron chi connectivity index (χ2n) is 11.8. The fourth-order valence-electron chi connectivity index (χ4n) is 6.21. The Labute approximate surface area is 270 Å². The minimum atomic E-state index is -0.201. The van der Waals surface area contributed by atoms with Gasteiger partial charge in [0.2, 0.25) is 11.8 Å². The number of anilines is 2. The molecular formula is C35H44N8O3. The first-order valence-corrected chi connectivity index (χ1v) is 15.9. The van der Waals surface area contributed by atoms with Gasteiger partial charge >= 0.3 is 0 Å². The third-order valence-corrected chi connectivity index (χ3v) is 8.88. The van der Waals surface area contributed by atoms with Crippen LogP contribution in [0.5, 0.6) is 0 Å². The minimum Gasteiger partial charge on any atom is -0.398 e. The standard InChI is InChI=1S/C35H44N8O3/c1-3-43(29-8-9-31(36)30(20-29)33(37)26-13-18-46-19-14-26)35(45)28-10-15-41(21-28)22-32(44)42-16-11-25(12-17-42)24-4-6-27(7-5-24)34(38)40-23-39-2/h4-9,11,13,20,23,28,37H,3,10,12,14-19,21-22,36H2,1-2H3,(H2,38,39,40)/t28-/m1/s1. The van der Waals surface area contributed by atoms with E-state index in [0.717, 1.165) is 28.8 Å². The van der Waals surface area contributed by atoms with E-state index in [1.165, 1.54) is 11.9 Å². The zero-order chi connectivity index (χ0) is 32.6. The van der Waals surface area contributed by atoms with Gasteiger partial charge < -0.3 is 25.6 Å². The summed E-state index contributed by atoms with van der Waals surface area (Å²) in [7, 11) is 1.74. The quantitative estimate of drug-likeness (QED) is 0.180. The van der Waals surface area contributed by atoms with Crippen LogP contribution in [0.2, 0.25) is 0 Å². The van der Waals surface area contributed by atoms with Gasteiger partial charge in [0.15, 0.2) is 5.84 Å². The maximum atomic E-state index is 13.7. The molecule has 11 nitrogen and oxygen atoms in total. The number of nitrogen functional groups attached to an aromatic ring is 1. The number of nitrogens with one attached hydrogen (secondary N) is 3. The van der Waals surface area contributed by atoms with Crippen LogP contribution < -0.4 is 16.0 Å². The van der Waals surface area contributed by atoms with Crippen LogP contribution in [0.4, 0.5) is 11.4 Å². The van der Waals surface area contributed by atoms with Crippen LogP contribution >= 0.6 is 0 Å². The highest BCUT2D eigenvalue weighted by Crippen LogP contribution is 2.29. The molecule has 0 radical (unpaired) electrons. The number of likely N-dealkylation sites (tertiary alicyclic amines) is 1. The van der Waals surface area contributed by atoms with E-state index in [9.17, 15) is 9.59 Å². The number of hydrogen-bond donors (Lipinski definition) is 4. The van der Waals surface area contributed by atoms with Crippen molar-refractivity contribution in [2.24, 2.45) is 10.9 Å². The SMILES string of the molecule is CCN(C(=O)[C@@H]1CCN(CC(=O)N2CC=C(c3ccc(C(=N)/N=C\NC)cc3)CC2)C1)c1ccc(N)c(C(=N)C2=CCOCC2)c1. The molecule has 5 N–H and O–H groups in total. The summed E-state index contributed by atoms with van der Waals surface area (Å²) in [6, 6.07) is 13.3. The molecule has 3 aliphatic rings. The molecule has 2 amide bonds. The van der Waals surface area contributed by atoms with Gasteiger partial charge in [0.1, 0.15) is 0 Å². The lowest BCUT2D eigenvalue weighted by molar-refractivity contribution is -0.132. The molecule has 3 aliphatic heterocycles. The van der Waals surface area contributed by atoms with Gasteiger partial charge in [-0.15, -0.1) is 0 Å². The Morgan fingerprint density at radius 3 is 2.61 bits per heavy atom. The Kier molecular flexibility index (Phi) is 10.8. The number of aliphatic imine (C=N–C) groups is 1. The number of amidine groups is 1. The fraction of sp³-hybridized carbons (Fsp3) is 0.400. The smallest absolute Gasteiger partial charge is 0.237 e. The summed E-state index contributed by atoms with van der Waals surface area (Å²) >= 11 is 0. The number of hydrogen-bond acceptors (Lipinski definition) is 7. The molecule has 0 spiro atoms. The van der Waals surface area contributed by atoms with Crippen molar-refractivity contribution in [1.82, 2.24) is 15.1 Å². The summed E-state index contributed by atoms with van der Waals surface area (Å²) in [5, 5.41) is 19.6. The Morgan fingerprint density at radius 1 is 1.13 bits per heavy atom. The van der Waals surface area contributed by atoms with E-state index < -0.39 is 0 Å². The molecule has 0 bridgehead atoms. The van der Waals surface area contributed by atoms with Gasteiger partial charge in [0.05, 0.1) is 37.7 Å². The van der Waals surface area contributed by atoms with E-state index in [1.54, 1.807) is 18.0 Å². The predicted molar refractivity (Wildman–Crippen MR) is 184 cm³/mol. The molecular weight excluding hydrogens is 580 g/mol. The van der Waals surface area contributed by atoms with Crippen LogP contribution in [0, 0.1) is 16.7 Å². The zero-order valence-corrected chi connectivity index (χ0v) is 26.7. The molecule has 0 aliphatic carbocycles. The third-order valence-electron chi connectivity index (χ3n) is 8.88. The van der Waals surface area contributed by atoms with E-state index in [1.807, 2.05) is 54.3 Å².